The number of allylic oxidation sites excluding steroid dienone is 2. The van der Waals surface area contributed by atoms with Gasteiger partial charge < -0.3 is 0 Å². The van der Waals surface area contributed by atoms with E-state index < -0.39 is 0 Å². The zero-order chi connectivity index (χ0) is 19.2. The van der Waals surface area contributed by atoms with Gasteiger partial charge in [0.1, 0.15) is 0 Å². The zero-order valence-corrected chi connectivity index (χ0v) is 19.0. The second kappa shape index (κ2) is 7.53. The van der Waals surface area contributed by atoms with Gasteiger partial charge in [0, 0.05) is 0 Å². The summed E-state index contributed by atoms with van der Waals surface area (Å²) in [4.78, 5) is 0. The van der Waals surface area contributed by atoms with Crippen LogP contribution in [0.3, 0.4) is 0 Å². The highest BCUT2D eigenvalue weighted by Crippen LogP contribution is 2.68. The Labute approximate surface area is 170 Å². The first kappa shape index (κ1) is 20.0. The van der Waals surface area contributed by atoms with Crippen molar-refractivity contribution in [2.75, 3.05) is 0 Å². The fourth-order valence-electron chi connectivity index (χ4n) is 8.86. The van der Waals surface area contributed by atoms with Crippen molar-refractivity contribution in [1.29, 1.82) is 0 Å². The maximum atomic E-state index is 2.74. The van der Waals surface area contributed by atoms with Gasteiger partial charge in [-0.1, -0.05) is 66.0 Å². The lowest BCUT2D eigenvalue weighted by molar-refractivity contribution is -0.101. The van der Waals surface area contributed by atoms with Crippen molar-refractivity contribution in [2.45, 2.75) is 105 Å². The molecule has 0 radical (unpaired) electrons. The molecule has 0 unspecified atom stereocenters. The van der Waals surface area contributed by atoms with E-state index in [1.165, 1.54) is 57.8 Å². The topological polar surface area (TPSA) is 0 Å². The van der Waals surface area contributed by atoms with E-state index >= 15 is 0 Å². The zero-order valence-electron chi connectivity index (χ0n) is 19.0. The quantitative estimate of drug-likeness (QED) is 0.427. The third kappa shape index (κ3) is 3.36. The fraction of sp³-hybridized carbons (Fsp3) is 0.926. The number of rotatable bonds is 5. The molecule has 0 amide bonds. The van der Waals surface area contributed by atoms with E-state index in [0.29, 0.717) is 10.8 Å². The van der Waals surface area contributed by atoms with E-state index in [4.69, 9.17) is 0 Å². The smallest absolute Gasteiger partial charge is 0.0229 e. The van der Waals surface area contributed by atoms with Crippen LogP contribution in [0.5, 0.6) is 0 Å². The van der Waals surface area contributed by atoms with Gasteiger partial charge in [0.15, 0.2) is 0 Å². The lowest BCUT2D eigenvalue weighted by atomic mass is 9.45. The van der Waals surface area contributed by atoms with Gasteiger partial charge in [-0.2, -0.15) is 0 Å². The second-order valence-electron chi connectivity index (χ2n) is 12.1. The van der Waals surface area contributed by atoms with E-state index in [9.17, 15) is 0 Å². The van der Waals surface area contributed by atoms with Crippen molar-refractivity contribution < 1.29 is 0 Å². The maximum Gasteiger partial charge on any atom is -0.0229 e. The van der Waals surface area contributed by atoms with Crippen LogP contribution >= 0.6 is 0 Å². The first-order valence-corrected chi connectivity index (χ1v) is 12.5. The molecule has 4 rings (SSSR count). The summed E-state index contributed by atoms with van der Waals surface area (Å²) in [5, 5.41) is 0. The summed E-state index contributed by atoms with van der Waals surface area (Å²) in [6.45, 7) is 12.8. The van der Waals surface area contributed by atoms with Crippen LogP contribution in [0.1, 0.15) is 105 Å². The fourth-order valence-corrected chi connectivity index (χ4v) is 8.86. The monoisotopic (exact) mass is 370 g/mol. The summed E-state index contributed by atoms with van der Waals surface area (Å²) in [7, 11) is 0. The van der Waals surface area contributed by atoms with Gasteiger partial charge in [0.05, 0.1) is 0 Å². The largest absolute Gasteiger partial charge is 0.0882 e. The van der Waals surface area contributed by atoms with Crippen LogP contribution in [-0.2, 0) is 0 Å². The molecular formula is C27H46. The molecular weight excluding hydrogens is 324 g/mol. The molecule has 3 fully saturated rings. The number of hydrogen-bond acceptors (Lipinski definition) is 0. The normalized spacial score (nSPS) is 47.4. The Balaban J connectivity index is 1.47. The highest BCUT2D eigenvalue weighted by molar-refractivity contribution is 5.12. The van der Waals surface area contributed by atoms with Crippen LogP contribution < -0.4 is 0 Å². The highest BCUT2D eigenvalue weighted by Gasteiger charge is 2.59. The Hall–Kier alpha value is -0.260. The van der Waals surface area contributed by atoms with Crippen molar-refractivity contribution in [3.8, 4) is 0 Å². The molecule has 0 nitrogen and oxygen atoms in total. The highest BCUT2D eigenvalue weighted by atomic mass is 14.6. The predicted octanol–water partition coefficient (Wildman–Crippen LogP) is 8.27. The molecule has 0 N–H and O–H groups in total. The van der Waals surface area contributed by atoms with Crippen molar-refractivity contribution in [2.24, 2.45) is 52.3 Å². The summed E-state index contributed by atoms with van der Waals surface area (Å²) in [5.74, 6) is 6.92. The van der Waals surface area contributed by atoms with Crippen LogP contribution in [0.4, 0.5) is 0 Å². The van der Waals surface area contributed by atoms with Gasteiger partial charge in [-0.15, -0.1) is 0 Å². The Bertz CT molecular complexity index is 544. The molecule has 4 aliphatic rings. The van der Waals surface area contributed by atoms with Crippen molar-refractivity contribution in [1.82, 2.24) is 0 Å². The Morgan fingerprint density at radius 1 is 0.852 bits per heavy atom. The molecule has 0 heterocycles. The van der Waals surface area contributed by atoms with E-state index in [2.05, 4.69) is 46.8 Å². The van der Waals surface area contributed by atoms with Gasteiger partial charge >= 0.3 is 0 Å². The summed E-state index contributed by atoms with van der Waals surface area (Å²) >= 11 is 0. The van der Waals surface area contributed by atoms with Crippen LogP contribution in [0.2, 0.25) is 0 Å². The van der Waals surface area contributed by atoms with E-state index in [1.807, 2.05) is 0 Å². The summed E-state index contributed by atoms with van der Waals surface area (Å²) in [6.07, 6.45) is 21.3. The first-order valence-electron chi connectivity index (χ1n) is 12.5. The van der Waals surface area contributed by atoms with Gasteiger partial charge in [-0.3, -0.25) is 0 Å². The predicted molar refractivity (Wildman–Crippen MR) is 118 cm³/mol. The number of fused-ring (bicyclic) bond motifs is 5. The molecule has 0 aromatic carbocycles. The van der Waals surface area contributed by atoms with Gasteiger partial charge in [0.2, 0.25) is 0 Å². The molecule has 0 aromatic heterocycles. The van der Waals surface area contributed by atoms with Crippen molar-refractivity contribution in [3.63, 3.8) is 0 Å². The Kier molecular flexibility index (Phi) is 5.59. The summed E-state index contributed by atoms with van der Waals surface area (Å²) < 4.78 is 0. The average Bonchev–Trinajstić information content (AvgIpc) is 2.98. The molecule has 0 saturated heterocycles. The van der Waals surface area contributed by atoms with E-state index in [0.717, 1.165) is 41.4 Å². The van der Waals surface area contributed by atoms with Crippen molar-refractivity contribution >= 4 is 0 Å². The molecule has 3 saturated carbocycles. The van der Waals surface area contributed by atoms with Crippen LogP contribution in [-0.4, -0.2) is 0 Å². The molecule has 0 bridgehead atoms. The Morgan fingerprint density at radius 3 is 2.41 bits per heavy atom. The third-order valence-corrected chi connectivity index (χ3v) is 10.4. The van der Waals surface area contributed by atoms with Gasteiger partial charge in [0.25, 0.3) is 0 Å². The minimum Gasteiger partial charge on any atom is -0.0882 e. The maximum absolute atomic E-state index is 2.74. The Morgan fingerprint density at radius 2 is 1.63 bits per heavy atom. The lowest BCUT2D eigenvalue weighted by Gasteiger charge is -2.60. The van der Waals surface area contributed by atoms with Gasteiger partial charge in [-0.05, 0) is 104 Å². The molecule has 27 heavy (non-hydrogen) atoms. The molecule has 8 atom stereocenters. The van der Waals surface area contributed by atoms with E-state index in [-0.39, 0.29) is 0 Å². The average molecular weight is 371 g/mol. The summed E-state index contributed by atoms with van der Waals surface area (Å²) in [5.41, 5.74) is 1.28. The van der Waals surface area contributed by atoms with Gasteiger partial charge in [-0.25, -0.2) is 0 Å². The standard InChI is InChI=1S/C27H46/c1-19(2)9-8-10-20(3)23-14-15-24-22-13-12-21-11-6-7-17-26(21,4)25(22)16-18-27(23,24)5/h6-7,19-25H,8-18H2,1-5H3/t20-,21-,22-,23+,24-,25-,26-,27+/m0/s1. The van der Waals surface area contributed by atoms with E-state index in [1.54, 1.807) is 12.8 Å². The first-order chi connectivity index (χ1) is 12.9. The third-order valence-electron chi connectivity index (χ3n) is 10.4. The van der Waals surface area contributed by atoms with Crippen LogP contribution in [0.25, 0.3) is 0 Å². The molecule has 0 heteroatoms. The SMILES string of the molecule is CC(C)CCC[C@H](C)[C@H]1CC[C@H]2[C@@H]3CC[C@@H]4CC=CC[C@]4(C)[C@H]3CC[C@]12C. The molecule has 0 aromatic rings. The van der Waals surface area contributed by atoms with Crippen LogP contribution in [0.15, 0.2) is 12.2 Å². The lowest BCUT2D eigenvalue weighted by Crippen LogP contribution is -2.52. The molecule has 4 aliphatic carbocycles. The van der Waals surface area contributed by atoms with Crippen molar-refractivity contribution in [3.05, 3.63) is 12.2 Å². The molecule has 0 aliphatic heterocycles. The minimum atomic E-state index is 0.625. The minimum absolute atomic E-state index is 0.625. The molecule has 0 spiro atoms. The molecule has 154 valence electrons. The summed E-state index contributed by atoms with van der Waals surface area (Å²) in [6, 6.07) is 0. The van der Waals surface area contributed by atoms with Crippen LogP contribution in [0, 0.1) is 52.3 Å². The number of hydrogen-bond donors (Lipinski definition) is 0. The second-order valence-corrected chi connectivity index (χ2v) is 12.1.